The summed E-state index contributed by atoms with van der Waals surface area (Å²) in [6.07, 6.45) is 10.1. The van der Waals surface area contributed by atoms with Crippen molar-refractivity contribution in [3.05, 3.63) is 0 Å². The van der Waals surface area contributed by atoms with Gasteiger partial charge in [0.05, 0.1) is 12.2 Å². The van der Waals surface area contributed by atoms with E-state index in [2.05, 4.69) is 26.1 Å². The minimum atomic E-state index is 0.368. The average Bonchev–Trinajstić information content (AvgIpc) is 2.35. The SMILES string of the molecule is CCCCNCC(C)OC1CCCC(CC)C1. The highest BCUT2D eigenvalue weighted by atomic mass is 16.5. The molecular formula is C15H31NO. The summed E-state index contributed by atoms with van der Waals surface area (Å²) < 4.78 is 6.14. The van der Waals surface area contributed by atoms with Crippen LogP contribution in [0.15, 0.2) is 0 Å². The Morgan fingerprint density at radius 1 is 1.29 bits per heavy atom. The molecule has 1 saturated carbocycles. The van der Waals surface area contributed by atoms with Gasteiger partial charge in [-0.1, -0.05) is 39.5 Å². The van der Waals surface area contributed by atoms with Gasteiger partial charge in [-0.2, -0.15) is 0 Å². The van der Waals surface area contributed by atoms with Gasteiger partial charge in [-0.15, -0.1) is 0 Å². The van der Waals surface area contributed by atoms with E-state index in [0.717, 1.165) is 19.0 Å². The topological polar surface area (TPSA) is 21.3 Å². The molecule has 0 bridgehead atoms. The summed E-state index contributed by atoms with van der Waals surface area (Å²) in [5.41, 5.74) is 0. The molecule has 1 aliphatic rings. The highest BCUT2D eigenvalue weighted by Gasteiger charge is 2.22. The average molecular weight is 241 g/mol. The molecule has 17 heavy (non-hydrogen) atoms. The molecule has 1 rings (SSSR count). The Morgan fingerprint density at radius 3 is 2.82 bits per heavy atom. The Balaban J connectivity index is 2.10. The van der Waals surface area contributed by atoms with Crippen molar-refractivity contribution in [2.45, 2.75) is 77.9 Å². The van der Waals surface area contributed by atoms with Crippen molar-refractivity contribution >= 4 is 0 Å². The summed E-state index contributed by atoms with van der Waals surface area (Å²) >= 11 is 0. The first-order valence-corrected chi connectivity index (χ1v) is 7.62. The van der Waals surface area contributed by atoms with Crippen molar-refractivity contribution in [1.82, 2.24) is 5.32 Å². The molecule has 102 valence electrons. The Morgan fingerprint density at radius 2 is 2.12 bits per heavy atom. The second kappa shape index (κ2) is 8.93. The minimum Gasteiger partial charge on any atom is -0.374 e. The predicted molar refractivity (Wildman–Crippen MR) is 74.4 cm³/mol. The molecule has 0 heterocycles. The lowest BCUT2D eigenvalue weighted by Gasteiger charge is -2.30. The number of hydrogen-bond donors (Lipinski definition) is 1. The third-order valence-electron chi connectivity index (χ3n) is 3.88. The van der Waals surface area contributed by atoms with E-state index < -0.39 is 0 Å². The molecule has 0 saturated heterocycles. The Labute approximate surface area is 108 Å². The molecule has 1 fully saturated rings. The quantitative estimate of drug-likeness (QED) is 0.653. The molecule has 1 aliphatic carbocycles. The molecule has 0 amide bonds. The smallest absolute Gasteiger partial charge is 0.0675 e. The molecule has 3 atom stereocenters. The Kier molecular flexibility index (Phi) is 7.87. The van der Waals surface area contributed by atoms with Crippen LogP contribution in [0.1, 0.15) is 65.7 Å². The second-order valence-corrected chi connectivity index (χ2v) is 5.57. The van der Waals surface area contributed by atoms with E-state index in [0.29, 0.717) is 12.2 Å². The van der Waals surface area contributed by atoms with Crippen molar-refractivity contribution < 1.29 is 4.74 Å². The molecule has 0 aromatic heterocycles. The number of rotatable bonds is 8. The molecular weight excluding hydrogens is 210 g/mol. The normalized spacial score (nSPS) is 27.0. The van der Waals surface area contributed by atoms with Gasteiger partial charge in [0.1, 0.15) is 0 Å². The van der Waals surface area contributed by atoms with Gasteiger partial charge in [-0.05, 0) is 38.6 Å². The molecule has 3 unspecified atom stereocenters. The summed E-state index contributed by atoms with van der Waals surface area (Å²) in [6, 6.07) is 0. The van der Waals surface area contributed by atoms with Crippen LogP contribution < -0.4 is 5.32 Å². The largest absolute Gasteiger partial charge is 0.374 e. The van der Waals surface area contributed by atoms with Gasteiger partial charge in [-0.3, -0.25) is 0 Å². The van der Waals surface area contributed by atoms with E-state index in [1.54, 1.807) is 0 Å². The first-order chi connectivity index (χ1) is 8.26. The highest BCUT2D eigenvalue weighted by Crippen LogP contribution is 2.28. The monoisotopic (exact) mass is 241 g/mol. The predicted octanol–water partition coefficient (Wildman–Crippen LogP) is 3.75. The molecule has 2 heteroatoms. The lowest BCUT2D eigenvalue weighted by molar-refractivity contribution is -0.0313. The molecule has 1 N–H and O–H groups in total. The summed E-state index contributed by atoms with van der Waals surface area (Å²) in [7, 11) is 0. The van der Waals surface area contributed by atoms with Gasteiger partial charge in [0.2, 0.25) is 0 Å². The van der Waals surface area contributed by atoms with Crippen LogP contribution in [0, 0.1) is 5.92 Å². The van der Waals surface area contributed by atoms with E-state index in [1.807, 2.05) is 0 Å². The van der Waals surface area contributed by atoms with E-state index in [4.69, 9.17) is 4.74 Å². The molecule has 2 nitrogen and oxygen atoms in total. The Hall–Kier alpha value is -0.0800. The lowest BCUT2D eigenvalue weighted by Crippen LogP contribution is -2.33. The van der Waals surface area contributed by atoms with E-state index in [9.17, 15) is 0 Å². The zero-order valence-corrected chi connectivity index (χ0v) is 12.0. The maximum atomic E-state index is 6.14. The third-order valence-corrected chi connectivity index (χ3v) is 3.88. The van der Waals surface area contributed by atoms with Crippen molar-refractivity contribution in [2.75, 3.05) is 13.1 Å². The molecule has 0 aromatic carbocycles. The van der Waals surface area contributed by atoms with E-state index >= 15 is 0 Å². The van der Waals surface area contributed by atoms with Gasteiger partial charge in [0.25, 0.3) is 0 Å². The fourth-order valence-corrected chi connectivity index (χ4v) is 2.72. The van der Waals surface area contributed by atoms with Crippen molar-refractivity contribution in [2.24, 2.45) is 5.92 Å². The van der Waals surface area contributed by atoms with Crippen LogP contribution >= 0.6 is 0 Å². The van der Waals surface area contributed by atoms with Gasteiger partial charge in [-0.25, -0.2) is 0 Å². The third kappa shape index (κ3) is 6.42. The maximum Gasteiger partial charge on any atom is 0.0675 e. The highest BCUT2D eigenvalue weighted by molar-refractivity contribution is 4.73. The number of unbranched alkanes of at least 4 members (excludes halogenated alkanes) is 1. The van der Waals surface area contributed by atoms with Gasteiger partial charge in [0.15, 0.2) is 0 Å². The molecule has 0 radical (unpaired) electrons. The minimum absolute atomic E-state index is 0.368. The molecule has 0 aromatic rings. The fourth-order valence-electron chi connectivity index (χ4n) is 2.72. The first kappa shape index (κ1) is 15.0. The number of hydrogen-bond acceptors (Lipinski definition) is 2. The second-order valence-electron chi connectivity index (χ2n) is 5.57. The van der Waals surface area contributed by atoms with Crippen LogP contribution in [0.4, 0.5) is 0 Å². The van der Waals surface area contributed by atoms with Crippen molar-refractivity contribution in [3.8, 4) is 0 Å². The lowest BCUT2D eigenvalue weighted by atomic mass is 9.85. The standard InChI is InChI=1S/C15H31NO/c1-4-6-10-16-12-13(3)17-15-9-7-8-14(5-2)11-15/h13-16H,4-12H2,1-3H3. The van der Waals surface area contributed by atoms with Crippen molar-refractivity contribution in [3.63, 3.8) is 0 Å². The van der Waals surface area contributed by atoms with Crippen molar-refractivity contribution in [1.29, 1.82) is 0 Å². The van der Waals surface area contributed by atoms with Crippen LogP contribution in [-0.2, 0) is 4.74 Å². The van der Waals surface area contributed by atoms with Crippen LogP contribution in [0.2, 0.25) is 0 Å². The summed E-state index contributed by atoms with van der Waals surface area (Å²) in [6.45, 7) is 8.88. The van der Waals surface area contributed by atoms with Gasteiger partial charge < -0.3 is 10.1 Å². The van der Waals surface area contributed by atoms with Crippen LogP contribution in [-0.4, -0.2) is 25.3 Å². The van der Waals surface area contributed by atoms with Crippen LogP contribution in [0.25, 0.3) is 0 Å². The first-order valence-electron chi connectivity index (χ1n) is 7.62. The zero-order chi connectivity index (χ0) is 12.5. The maximum absolute atomic E-state index is 6.14. The fraction of sp³-hybridized carbons (Fsp3) is 1.00. The Bertz CT molecular complexity index is 184. The van der Waals surface area contributed by atoms with Crippen LogP contribution in [0.3, 0.4) is 0 Å². The summed E-state index contributed by atoms with van der Waals surface area (Å²) in [4.78, 5) is 0. The van der Waals surface area contributed by atoms with E-state index in [-0.39, 0.29) is 0 Å². The zero-order valence-electron chi connectivity index (χ0n) is 12.0. The number of nitrogens with one attached hydrogen (secondary N) is 1. The molecule has 0 aliphatic heterocycles. The van der Waals surface area contributed by atoms with Gasteiger partial charge >= 0.3 is 0 Å². The summed E-state index contributed by atoms with van der Waals surface area (Å²) in [5, 5.41) is 3.48. The molecule has 0 spiro atoms. The summed E-state index contributed by atoms with van der Waals surface area (Å²) in [5.74, 6) is 0.911. The van der Waals surface area contributed by atoms with Crippen LogP contribution in [0.5, 0.6) is 0 Å². The van der Waals surface area contributed by atoms with Gasteiger partial charge in [0, 0.05) is 6.54 Å². The number of ether oxygens (including phenoxy) is 1. The van der Waals surface area contributed by atoms with E-state index in [1.165, 1.54) is 44.9 Å².